The molecule has 1 amide bonds. The van der Waals surface area contributed by atoms with Crippen molar-refractivity contribution >= 4 is 43.5 Å². The van der Waals surface area contributed by atoms with Gasteiger partial charge in [0.2, 0.25) is 10.0 Å². The van der Waals surface area contributed by atoms with Gasteiger partial charge in [0, 0.05) is 35.0 Å². The van der Waals surface area contributed by atoms with Crippen LogP contribution in [0.3, 0.4) is 0 Å². The van der Waals surface area contributed by atoms with Crippen LogP contribution in [0.4, 0.5) is 14.5 Å². The molecule has 3 aromatic carbocycles. The van der Waals surface area contributed by atoms with E-state index in [4.69, 9.17) is 14.1 Å². The van der Waals surface area contributed by atoms with Gasteiger partial charge in [0.05, 0.1) is 33.9 Å². The van der Waals surface area contributed by atoms with Crippen molar-refractivity contribution in [1.82, 2.24) is 14.9 Å². The van der Waals surface area contributed by atoms with Crippen LogP contribution >= 0.6 is 0 Å². The molecule has 0 bridgehead atoms. The summed E-state index contributed by atoms with van der Waals surface area (Å²) in [7, 11) is -2.27. The minimum Gasteiger partial charge on any atom is -0.470 e. The summed E-state index contributed by atoms with van der Waals surface area (Å²) in [5.41, 5.74) is 3.54. The fourth-order valence-corrected chi connectivity index (χ4v) is 6.10. The lowest BCUT2D eigenvalue weighted by Crippen LogP contribution is -2.18. The Labute approximate surface area is 250 Å². The molecule has 0 saturated carbocycles. The van der Waals surface area contributed by atoms with E-state index in [2.05, 4.69) is 10.0 Å². The molecule has 12 heteroatoms. The van der Waals surface area contributed by atoms with Crippen molar-refractivity contribution in [2.45, 2.75) is 13.7 Å². The van der Waals surface area contributed by atoms with Gasteiger partial charge in [0.25, 0.3) is 5.91 Å². The quantitative estimate of drug-likeness (QED) is 0.220. The molecule has 0 atom stereocenters. The van der Waals surface area contributed by atoms with Crippen molar-refractivity contribution in [3.63, 3.8) is 0 Å². The Kier molecular flexibility index (Phi) is 6.39. The molecule has 0 fully saturated rings. The molecule has 3 aromatic heterocycles. The van der Waals surface area contributed by atoms with Crippen LogP contribution in [0.15, 0.2) is 77.2 Å². The van der Waals surface area contributed by atoms with Crippen molar-refractivity contribution < 1.29 is 31.1 Å². The molecule has 0 saturated heterocycles. The van der Waals surface area contributed by atoms with E-state index in [9.17, 15) is 22.0 Å². The van der Waals surface area contributed by atoms with E-state index in [0.717, 1.165) is 0 Å². The zero-order chi connectivity index (χ0) is 30.7. The fourth-order valence-electron chi connectivity index (χ4n) is 5.45. The zero-order valence-electron chi connectivity index (χ0n) is 23.4. The van der Waals surface area contributed by atoms with E-state index in [1.165, 1.54) is 50.4 Å². The second-order valence-electron chi connectivity index (χ2n) is 10.2. The van der Waals surface area contributed by atoms with Crippen LogP contribution in [0.2, 0.25) is 0 Å². The molecule has 0 aliphatic carbocycles. The second-order valence-corrected chi connectivity index (χ2v) is 12.2. The van der Waals surface area contributed by atoms with E-state index < -0.39 is 21.7 Å². The molecule has 6 aromatic rings. The first-order valence-electron chi connectivity index (χ1n) is 13.7. The smallest absolute Gasteiger partial charge is 0.255 e. The Morgan fingerprint density at radius 2 is 1.82 bits per heavy atom. The zero-order valence-corrected chi connectivity index (χ0v) is 24.3. The van der Waals surface area contributed by atoms with Crippen molar-refractivity contribution in [3.05, 3.63) is 90.0 Å². The first-order valence-corrected chi connectivity index (χ1v) is 15.3. The van der Waals surface area contributed by atoms with Gasteiger partial charge in [-0.2, -0.15) is 0 Å². The van der Waals surface area contributed by atoms with Crippen LogP contribution in [-0.2, 0) is 16.8 Å². The van der Waals surface area contributed by atoms with Gasteiger partial charge in [0.15, 0.2) is 6.73 Å². The highest BCUT2D eigenvalue weighted by molar-refractivity contribution is 7.92. The molecule has 7 rings (SSSR count). The van der Waals surface area contributed by atoms with Crippen LogP contribution in [0, 0.1) is 11.6 Å². The largest absolute Gasteiger partial charge is 0.470 e. The van der Waals surface area contributed by atoms with Crippen LogP contribution < -0.4 is 14.8 Å². The standard InChI is InChI=1S/C32H24F2N4O5S/c1-3-44(40,41)37-24-15-28-21(29(32(39)35-2)31(43-28)17-7-9-18(33)10-8-17)13-20(24)23-11-12-27-30(36-23)26-14-19-22(34)5-4-6-25(19)38(26)16-42-27/h4-15,37H,3,16H2,1-2H3,(H,35,39). The molecule has 44 heavy (non-hydrogen) atoms. The number of carbonyl (C=O) groups is 1. The highest BCUT2D eigenvalue weighted by Crippen LogP contribution is 2.43. The summed E-state index contributed by atoms with van der Waals surface area (Å²) >= 11 is 0. The number of nitrogens with one attached hydrogen (secondary N) is 2. The van der Waals surface area contributed by atoms with Gasteiger partial charge in [-0.25, -0.2) is 22.2 Å². The van der Waals surface area contributed by atoms with Gasteiger partial charge in [-0.15, -0.1) is 0 Å². The van der Waals surface area contributed by atoms with Crippen molar-refractivity contribution in [2.24, 2.45) is 0 Å². The molecule has 4 heterocycles. The van der Waals surface area contributed by atoms with E-state index in [1.807, 2.05) is 4.57 Å². The number of anilines is 1. The summed E-state index contributed by atoms with van der Waals surface area (Å²) in [5, 5.41) is 3.44. The summed E-state index contributed by atoms with van der Waals surface area (Å²) in [6.07, 6.45) is 0. The van der Waals surface area contributed by atoms with E-state index in [0.29, 0.717) is 50.2 Å². The molecule has 222 valence electrons. The third-order valence-electron chi connectivity index (χ3n) is 7.65. The lowest BCUT2D eigenvalue weighted by Gasteiger charge is -2.21. The number of sulfonamides is 1. The summed E-state index contributed by atoms with van der Waals surface area (Å²) in [6, 6.07) is 18.6. The maximum atomic E-state index is 14.7. The fraction of sp³-hybridized carbons (Fsp3) is 0.125. The molecule has 0 radical (unpaired) electrons. The number of aromatic nitrogens is 2. The number of nitrogens with zero attached hydrogens (tertiary/aromatic N) is 2. The number of benzene rings is 3. The lowest BCUT2D eigenvalue weighted by molar-refractivity contribution is 0.0964. The number of amides is 1. The molecule has 1 aliphatic heterocycles. The lowest BCUT2D eigenvalue weighted by atomic mass is 10.0. The average Bonchev–Trinajstić information content (AvgIpc) is 3.60. The van der Waals surface area contributed by atoms with E-state index in [-0.39, 0.29) is 40.9 Å². The topological polar surface area (TPSA) is 115 Å². The third-order valence-corrected chi connectivity index (χ3v) is 8.94. The summed E-state index contributed by atoms with van der Waals surface area (Å²) in [4.78, 5) is 18.0. The minimum absolute atomic E-state index is 0.167. The number of halogens is 2. The van der Waals surface area contributed by atoms with Crippen LogP contribution in [-0.4, -0.2) is 36.7 Å². The number of hydrogen-bond donors (Lipinski definition) is 2. The first-order chi connectivity index (χ1) is 21.2. The third kappa shape index (κ3) is 4.45. The number of fused-ring (bicyclic) bond motifs is 6. The van der Waals surface area contributed by atoms with E-state index >= 15 is 0 Å². The maximum absolute atomic E-state index is 14.7. The van der Waals surface area contributed by atoms with Gasteiger partial charge >= 0.3 is 0 Å². The predicted octanol–water partition coefficient (Wildman–Crippen LogP) is 6.53. The molecule has 0 unspecified atom stereocenters. The summed E-state index contributed by atoms with van der Waals surface area (Å²) < 4.78 is 70.4. The average molecular weight is 615 g/mol. The Hall–Kier alpha value is -5.23. The number of rotatable bonds is 6. The molecule has 0 spiro atoms. The van der Waals surface area contributed by atoms with Gasteiger partial charge < -0.3 is 19.0 Å². The molecule has 1 aliphatic rings. The van der Waals surface area contributed by atoms with Crippen LogP contribution in [0.25, 0.3) is 55.8 Å². The van der Waals surface area contributed by atoms with Gasteiger partial charge in [-0.05, 0) is 67.6 Å². The van der Waals surface area contributed by atoms with Crippen LogP contribution in [0.1, 0.15) is 17.3 Å². The van der Waals surface area contributed by atoms with E-state index in [1.54, 1.807) is 36.4 Å². The Morgan fingerprint density at radius 3 is 2.57 bits per heavy atom. The highest BCUT2D eigenvalue weighted by Gasteiger charge is 2.27. The minimum atomic E-state index is -3.75. The Bertz CT molecular complexity index is 2240. The molecular formula is C32H24F2N4O5S. The predicted molar refractivity (Wildman–Crippen MR) is 163 cm³/mol. The summed E-state index contributed by atoms with van der Waals surface area (Å²) in [6.45, 7) is 1.68. The summed E-state index contributed by atoms with van der Waals surface area (Å²) in [5.74, 6) is -0.788. The molecule has 2 N–H and O–H groups in total. The monoisotopic (exact) mass is 614 g/mol. The van der Waals surface area contributed by atoms with Gasteiger partial charge in [-0.3, -0.25) is 9.52 Å². The van der Waals surface area contributed by atoms with Crippen molar-refractivity contribution in [2.75, 3.05) is 17.5 Å². The SMILES string of the molecule is CCS(=O)(=O)Nc1cc2oc(-c3ccc(F)cc3)c(C(=O)NC)c2cc1-c1ccc2c(n1)-c1cc3c(F)cccc3n1CO2. The number of pyridine rings is 1. The van der Waals surface area contributed by atoms with Gasteiger partial charge in [-0.1, -0.05) is 6.07 Å². The number of furan rings is 1. The normalized spacial score (nSPS) is 12.5. The molecule has 9 nitrogen and oxygen atoms in total. The second kappa shape index (κ2) is 10.2. The maximum Gasteiger partial charge on any atom is 0.255 e. The molecular weight excluding hydrogens is 590 g/mol. The number of carbonyl (C=O) groups excluding carboxylic acids is 1. The Balaban J connectivity index is 1.47. The van der Waals surface area contributed by atoms with Crippen LogP contribution in [0.5, 0.6) is 5.75 Å². The van der Waals surface area contributed by atoms with Crippen molar-refractivity contribution in [3.8, 4) is 39.7 Å². The Morgan fingerprint density at radius 1 is 1.02 bits per heavy atom. The number of ether oxygens (including phenoxy) is 1. The van der Waals surface area contributed by atoms with Gasteiger partial charge in [0.1, 0.15) is 34.4 Å². The number of hydrogen-bond acceptors (Lipinski definition) is 6. The first kappa shape index (κ1) is 27.6. The van der Waals surface area contributed by atoms with Crippen molar-refractivity contribution in [1.29, 1.82) is 0 Å². The highest BCUT2D eigenvalue weighted by atomic mass is 32.2.